The quantitative estimate of drug-likeness (QED) is 0.840. The van der Waals surface area contributed by atoms with Crippen LogP contribution in [0.15, 0.2) is 30.5 Å². The number of hydrogen-bond donors (Lipinski definition) is 1. The minimum absolute atomic E-state index is 0.218. The molecular formula is C14H20N2. The molecule has 0 radical (unpaired) electrons. The summed E-state index contributed by atoms with van der Waals surface area (Å²) in [6.45, 7) is 7.39. The van der Waals surface area contributed by atoms with Gasteiger partial charge in [0.25, 0.3) is 0 Å². The number of aryl methyl sites for hydroxylation is 1. The Bertz CT molecular complexity index is 482. The first-order valence-electron chi connectivity index (χ1n) is 5.89. The largest absolute Gasteiger partial charge is 0.346 e. The molecule has 1 heterocycles. The van der Waals surface area contributed by atoms with E-state index in [-0.39, 0.29) is 6.04 Å². The summed E-state index contributed by atoms with van der Waals surface area (Å²) in [7, 11) is 0. The van der Waals surface area contributed by atoms with E-state index < -0.39 is 0 Å². The fourth-order valence-electron chi connectivity index (χ4n) is 2.02. The minimum atomic E-state index is 0.218. The zero-order chi connectivity index (χ0) is 11.7. The summed E-state index contributed by atoms with van der Waals surface area (Å²) in [6, 6.07) is 8.72. The van der Waals surface area contributed by atoms with Crippen LogP contribution in [-0.2, 0) is 6.54 Å². The van der Waals surface area contributed by atoms with Crippen LogP contribution >= 0.6 is 0 Å². The molecule has 2 aromatic rings. The van der Waals surface area contributed by atoms with E-state index in [1.54, 1.807) is 0 Å². The first kappa shape index (κ1) is 11.2. The Morgan fingerprint density at radius 2 is 1.94 bits per heavy atom. The smallest absolute Gasteiger partial charge is 0.0483 e. The molecule has 16 heavy (non-hydrogen) atoms. The van der Waals surface area contributed by atoms with Gasteiger partial charge in [-0.3, -0.25) is 0 Å². The summed E-state index contributed by atoms with van der Waals surface area (Å²) < 4.78 is 2.27. The van der Waals surface area contributed by atoms with Crippen LogP contribution in [0.5, 0.6) is 0 Å². The Morgan fingerprint density at radius 1 is 1.25 bits per heavy atom. The lowest BCUT2D eigenvalue weighted by molar-refractivity contribution is 0.439. The highest BCUT2D eigenvalue weighted by atomic mass is 15.0. The second-order valence-corrected chi connectivity index (χ2v) is 4.89. The SMILES string of the molecule is Cc1cn(CC(N)C(C)C)c2ccccc12. The van der Waals surface area contributed by atoms with Crippen LogP contribution in [0.4, 0.5) is 0 Å². The fourth-order valence-corrected chi connectivity index (χ4v) is 2.02. The van der Waals surface area contributed by atoms with E-state index in [1.807, 2.05) is 0 Å². The maximum Gasteiger partial charge on any atom is 0.0483 e. The molecule has 0 bridgehead atoms. The highest BCUT2D eigenvalue weighted by Gasteiger charge is 2.11. The summed E-state index contributed by atoms with van der Waals surface area (Å²) in [6.07, 6.45) is 2.20. The molecule has 0 amide bonds. The monoisotopic (exact) mass is 216 g/mol. The van der Waals surface area contributed by atoms with Crippen molar-refractivity contribution in [3.8, 4) is 0 Å². The van der Waals surface area contributed by atoms with Crippen LogP contribution in [0.2, 0.25) is 0 Å². The summed E-state index contributed by atoms with van der Waals surface area (Å²) in [5, 5.41) is 1.33. The Balaban J connectivity index is 2.38. The predicted octanol–water partition coefficient (Wildman–Crippen LogP) is 2.93. The van der Waals surface area contributed by atoms with Crippen molar-refractivity contribution < 1.29 is 0 Å². The van der Waals surface area contributed by atoms with Gasteiger partial charge in [0.05, 0.1) is 0 Å². The molecular weight excluding hydrogens is 196 g/mol. The molecule has 0 fully saturated rings. The third kappa shape index (κ3) is 1.98. The molecule has 2 nitrogen and oxygen atoms in total. The third-order valence-corrected chi connectivity index (χ3v) is 3.25. The van der Waals surface area contributed by atoms with Gasteiger partial charge in [-0.15, -0.1) is 0 Å². The molecule has 2 heteroatoms. The lowest BCUT2D eigenvalue weighted by Gasteiger charge is -2.17. The number of benzene rings is 1. The number of nitrogens with zero attached hydrogens (tertiary/aromatic N) is 1. The third-order valence-electron chi connectivity index (χ3n) is 3.25. The number of hydrogen-bond acceptors (Lipinski definition) is 1. The number of rotatable bonds is 3. The van der Waals surface area contributed by atoms with Gasteiger partial charge in [-0.25, -0.2) is 0 Å². The normalized spacial score (nSPS) is 13.6. The number of aromatic nitrogens is 1. The van der Waals surface area contributed by atoms with Crippen LogP contribution < -0.4 is 5.73 Å². The van der Waals surface area contributed by atoms with E-state index in [2.05, 4.69) is 55.8 Å². The van der Waals surface area contributed by atoms with Crippen LogP contribution in [0.25, 0.3) is 10.9 Å². The molecule has 0 spiro atoms. The van der Waals surface area contributed by atoms with E-state index in [9.17, 15) is 0 Å². The first-order valence-corrected chi connectivity index (χ1v) is 5.89. The lowest BCUT2D eigenvalue weighted by Crippen LogP contribution is -2.31. The topological polar surface area (TPSA) is 30.9 Å². The molecule has 0 saturated carbocycles. The summed E-state index contributed by atoms with van der Waals surface area (Å²) in [5.74, 6) is 0.515. The molecule has 0 saturated heterocycles. The molecule has 0 aliphatic heterocycles. The van der Waals surface area contributed by atoms with Gasteiger partial charge in [-0.05, 0) is 24.5 Å². The van der Waals surface area contributed by atoms with E-state index in [0.29, 0.717) is 5.92 Å². The fraction of sp³-hybridized carbons (Fsp3) is 0.429. The van der Waals surface area contributed by atoms with Crippen LogP contribution in [0, 0.1) is 12.8 Å². The van der Waals surface area contributed by atoms with Crippen molar-refractivity contribution in [3.05, 3.63) is 36.0 Å². The maximum atomic E-state index is 6.13. The lowest BCUT2D eigenvalue weighted by atomic mass is 10.1. The molecule has 0 aliphatic carbocycles. The van der Waals surface area contributed by atoms with Crippen molar-refractivity contribution in [2.45, 2.75) is 33.4 Å². The molecule has 1 aromatic carbocycles. The van der Waals surface area contributed by atoms with Crippen molar-refractivity contribution in [2.75, 3.05) is 0 Å². The van der Waals surface area contributed by atoms with Gasteiger partial charge < -0.3 is 10.3 Å². The summed E-state index contributed by atoms with van der Waals surface area (Å²) >= 11 is 0. The molecule has 2 rings (SSSR count). The Kier molecular flexibility index (Phi) is 3.01. The second kappa shape index (κ2) is 4.30. The number of nitrogens with two attached hydrogens (primary N) is 1. The first-order chi connectivity index (χ1) is 7.59. The van der Waals surface area contributed by atoms with Crippen molar-refractivity contribution in [1.82, 2.24) is 4.57 Å². The van der Waals surface area contributed by atoms with Crippen LogP contribution in [0.1, 0.15) is 19.4 Å². The van der Waals surface area contributed by atoms with Gasteiger partial charge in [-0.2, -0.15) is 0 Å². The molecule has 1 aromatic heterocycles. The molecule has 0 aliphatic rings. The summed E-state index contributed by atoms with van der Waals surface area (Å²) in [5.41, 5.74) is 8.74. The molecule has 1 atom stereocenters. The van der Waals surface area contributed by atoms with Crippen LogP contribution in [-0.4, -0.2) is 10.6 Å². The van der Waals surface area contributed by atoms with Crippen molar-refractivity contribution in [2.24, 2.45) is 11.7 Å². The Labute approximate surface area is 97.1 Å². The van der Waals surface area contributed by atoms with Gasteiger partial charge in [0.2, 0.25) is 0 Å². The maximum absolute atomic E-state index is 6.13. The second-order valence-electron chi connectivity index (χ2n) is 4.89. The number of para-hydroxylation sites is 1. The van der Waals surface area contributed by atoms with Gasteiger partial charge in [-0.1, -0.05) is 32.0 Å². The highest BCUT2D eigenvalue weighted by molar-refractivity contribution is 5.83. The van der Waals surface area contributed by atoms with Crippen molar-refractivity contribution in [1.29, 1.82) is 0 Å². The van der Waals surface area contributed by atoms with E-state index in [4.69, 9.17) is 5.73 Å². The van der Waals surface area contributed by atoms with E-state index in [0.717, 1.165) is 6.54 Å². The minimum Gasteiger partial charge on any atom is -0.346 e. The highest BCUT2D eigenvalue weighted by Crippen LogP contribution is 2.21. The average molecular weight is 216 g/mol. The Morgan fingerprint density at radius 3 is 2.62 bits per heavy atom. The van der Waals surface area contributed by atoms with Gasteiger partial charge in [0.15, 0.2) is 0 Å². The number of fused-ring (bicyclic) bond motifs is 1. The zero-order valence-corrected chi connectivity index (χ0v) is 10.3. The van der Waals surface area contributed by atoms with Crippen LogP contribution in [0.3, 0.4) is 0 Å². The van der Waals surface area contributed by atoms with Gasteiger partial charge in [0, 0.05) is 29.7 Å². The van der Waals surface area contributed by atoms with Crippen molar-refractivity contribution in [3.63, 3.8) is 0 Å². The average Bonchev–Trinajstić information content (AvgIpc) is 2.57. The molecule has 1 unspecified atom stereocenters. The van der Waals surface area contributed by atoms with Crippen molar-refractivity contribution >= 4 is 10.9 Å². The zero-order valence-electron chi connectivity index (χ0n) is 10.3. The molecule has 86 valence electrons. The van der Waals surface area contributed by atoms with E-state index in [1.165, 1.54) is 16.5 Å². The van der Waals surface area contributed by atoms with Gasteiger partial charge >= 0.3 is 0 Å². The predicted molar refractivity (Wildman–Crippen MR) is 69.5 cm³/mol. The Hall–Kier alpha value is -1.28. The summed E-state index contributed by atoms with van der Waals surface area (Å²) in [4.78, 5) is 0. The van der Waals surface area contributed by atoms with E-state index >= 15 is 0 Å². The van der Waals surface area contributed by atoms with Gasteiger partial charge in [0.1, 0.15) is 0 Å². The molecule has 2 N–H and O–H groups in total. The standard InChI is InChI=1S/C14H20N2/c1-10(2)13(15)9-16-8-11(3)12-6-4-5-7-14(12)16/h4-8,10,13H,9,15H2,1-3H3.